The van der Waals surface area contributed by atoms with Crippen LogP contribution in [-0.2, 0) is 0 Å². The summed E-state index contributed by atoms with van der Waals surface area (Å²) >= 11 is 1.66. The summed E-state index contributed by atoms with van der Waals surface area (Å²) in [5.74, 6) is 2.18. The van der Waals surface area contributed by atoms with Crippen molar-refractivity contribution in [2.75, 3.05) is 27.0 Å². The van der Waals surface area contributed by atoms with Crippen LogP contribution in [0.2, 0.25) is 0 Å². The highest BCUT2D eigenvalue weighted by Crippen LogP contribution is 2.39. The van der Waals surface area contributed by atoms with Crippen LogP contribution in [0.15, 0.2) is 17.0 Å². The second-order valence-corrected chi connectivity index (χ2v) is 4.78. The highest BCUT2D eigenvalue weighted by Gasteiger charge is 2.16. The minimum atomic E-state index is 0.371. The number of methoxy groups -OCH3 is 2. The van der Waals surface area contributed by atoms with Gasteiger partial charge >= 0.3 is 0 Å². The van der Waals surface area contributed by atoms with Gasteiger partial charge in [-0.2, -0.15) is 0 Å². The highest BCUT2D eigenvalue weighted by atomic mass is 32.2. The first-order chi connectivity index (χ1) is 8.17. The maximum atomic E-state index is 5.62. The fraction of sp³-hybridized carbons (Fsp3) is 0.538. The van der Waals surface area contributed by atoms with Gasteiger partial charge in [0.25, 0.3) is 0 Å². The lowest BCUT2D eigenvalue weighted by atomic mass is 9.96. The largest absolute Gasteiger partial charge is 0.497 e. The second-order valence-electron chi connectivity index (χ2n) is 3.93. The maximum absolute atomic E-state index is 5.62. The molecule has 1 unspecified atom stereocenters. The number of thioether (sulfide) groups is 1. The third-order valence-electron chi connectivity index (χ3n) is 2.85. The molecule has 0 radical (unpaired) electrons. The number of rotatable bonds is 6. The van der Waals surface area contributed by atoms with E-state index in [9.17, 15) is 0 Å². The Kier molecular flexibility index (Phi) is 5.65. The first-order valence-corrected chi connectivity index (χ1v) is 6.90. The topological polar surface area (TPSA) is 44.5 Å². The van der Waals surface area contributed by atoms with E-state index in [4.69, 9.17) is 15.2 Å². The first kappa shape index (κ1) is 14.2. The summed E-state index contributed by atoms with van der Waals surface area (Å²) in [4.78, 5) is 1.10. The maximum Gasteiger partial charge on any atom is 0.136 e. The molecule has 1 atom stereocenters. The van der Waals surface area contributed by atoms with Gasteiger partial charge in [-0.3, -0.25) is 0 Å². The second kappa shape index (κ2) is 6.77. The van der Waals surface area contributed by atoms with Crippen LogP contribution in [0.5, 0.6) is 11.5 Å². The third kappa shape index (κ3) is 3.30. The summed E-state index contributed by atoms with van der Waals surface area (Å²) in [5.41, 5.74) is 6.79. The molecular weight excluding hydrogens is 234 g/mol. The summed E-state index contributed by atoms with van der Waals surface area (Å²) in [6.07, 6.45) is 2.98. The predicted octanol–water partition coefficient (Wildman–Crippen LogP) is 2.88. The van der Waals surface area contributed by atoms with E-state index in [0.717, 1.165) is 22.8 Å². The number of hydrogen-bond acceptors (Lipinski definition) is 4. The Balaban J connectivity index is 3.23. The molecule has 0 spiro atoms. The molecule has 0 saturated heterocycles. The fourth-order valence-corrected chi connectivity index (χ4v) is 2.48. The van der Waals surface area contributed by atoms with Gasteiger partial charge < -0.3 is 15.2 Å². The van der Waals surface area contributed by atoms with Gasteiger partial charge in [-0.25, -0.2) is 0 Å². The van der Waals surface area contributed by atoms with Crippen molar-refractivity contribution in [2.24, 2.45) is 5.73 Å². The van der Waals surface area contributed by atoms with E-state index in [1.807, 2.05) is 18.4 Å². The van der Waals surface area contributed by atoms with E-state index >= 15 is 0 Å². The zero-order chi connectivity index (χ0) is 12.8. The monoisotopic (exact) mass is 255 g/mol. The van der Waals surface area contributed by atoms with Gasteiger partial charge in [-0.1, -0.05) is 6.92 Å². The molecule has 0 bridgehead atoms. The van der Waals surface area contributed by atoms with Crippen molar-refractivity contribution in [3.05, 3.63) is 17.7 Å². The molecule has 17 heavy (non-hydrogen) atoms. The van der Waals surface area contributed by atoms with E-state index in [0.29, 0.717) is 12.5 Å². The van der Waals surface area contributed by atoms with Gasteiger partial charge in [-0.15, -0.1) is 11.8 Å². The Morgan fingerprint density at radius 2 is 2.00 bits per heavy atom. The van der Waals surface area contributed by atoms with Gasteiger partial charge in [0.1, 0.15) is 11.5 Å². The van der Waals surface area contributed by atoms with Gasteiger partial charge in [-0.05, 0) is 37.3 Å². The average molecular weight is 255 g/mol. The van der Waals surface area contributed by atoms with E-state index in [2.05, 4.69) is 6.92 Å². The van der Waals surface area contributed by atoms with Crippen LogP contribution in [0.4, 0.5) is 0 Å². The molecule has 0 aliphatic rings. The molecule has 0 aliphatic carbocycles. The molecule has 0 aliphatic heterocycles. The number of hydrogen-bond donors (Lipinski definition) is 1. The Bertz CT molecular complexity index is 369. The van der Waals surface area contributed by atoms with E-state index < -0.39 is 0 Å². The zero-order valence-electron chi connectivity index (χ0n) is 10.9. The lowest BCUT2D eigenvalue weighted by Crippen LogP contribution is -2.06. The molecule has 1 aromatic rings. The highest BCUT2D eigenvalue weighted by molar-refractivity contribution is 7.98. The van der Waals surface area contributed by atoms with Crippen molar-refractivity contribution < 1.29 is 9.47 Å². The Morgan fingerprint density at radius 3 is 2.47 bits per heavy atom. The number of ether oxygens (including phenoxy) is 2. The lowest BCUT2D eigenvalue weighted by molar-refractivity contribution is 0.385. The van der Waals surface area contributed by atoms with Crippen molar-refractivity contribution in [3.63, 3.8) is 0 Å². The number of nitrogens with two attached hydrogens (primary N) is 1. The van der Waals surface area contributed by atoms with Crippen LogP contribution >= 0.6 is 11.8 Å². The molecule has 0 fully saturated rings. The SMILES string of the molecule is COc1cc(SC)c(OC)c(C(C)CCN)c1. The molecule has 0 aromatic heterocycles. The first-order valence-electron chi connectivity index (χ1n) is 5.67. The van der Waals surface area contributed by atoms with Gasteiger partial charge in [0, 0.05) is 5.56 Å². The molecule has 0 heterocycles. The summed E-state index contributed by atoms with van der Waals surface area (Å²) < 4.78 is 10.8. The third-order valence-corrected chi connectivity index (χ3v) is 3.59. The summed E-state index contributed by atoms with van der Waals surface area (Å²) in [6, 6.07) is 4.04. The van der Waals surface area contributed by atoms with E-state index in [1.54, 1.807) is 26.0 Å². The average Bonchev–Trinajstić information content (AvgIpc) is 2.37. The quantitative estimate of drug-likeness (QED) is 0.794. The van der Waals surface area contributed by atoms with Crippen LogP contribution in [0, 0.1) is 0 Å². The molecular formula is C13H21NO2S. The molecule has 4 heteroatoms. The van der Waals surface area contributed by atoms with Crippen molar-refractivity contribution in [1.82, 2.24) is 0 Å². The van der Waals surface area contributed by atoms with Crippen molar-refractivity contribution in [3.8, 4) is 11.5 Å². The minimum absolute atomic E-state index is 0.371. The Labute approximate surface area is 108 Å². The Morgan fingerprint density at radius 1 is 1.29 bits per heavy atom. The molecule has 1 aromatic carbocycles. The zero-order valence-corrected chi connectivity index (χ0v) is 11.8. The molecule has 96 valence electrons. The van der Waals surface area contributed by atoms with Crippen LogP contribution in [-0.4, -0.2) is 27.0 Å². The van der Waals surface area contributed by atoms with Crippen molar-refractivity contribution in [1.29, 1.82) is 0 Å². The van der Waals surface area contributed by atoms with Crippen molar-refractivity contribution in [2.45, 2.75) is 24.2 Å². The fourth-order valence-electron chi connectivity index (χ4n) is 1.86. The minimum Gasteiger partial charge on any atom is -0.497 e. The van der Waals surface area contributed by atoms with Gasteiger partial charge in [0.05, 0.1) is 19.1 Å². The normalized spacial score (nSPS) is 12.3. The van der Waals surface area contributed by atoms with Crippen LogP contribution < -0.4 is 15.2 Å². The smallest absolute Gasteiger partial charge is 0.136 e. The predicted molar refractivity (Wildman–Crippen MR) is 73.4 cm³/mol. The van der Waals surface area contributed by atoms with Crippen LogP contribution in [0.25, 0.3) is 0 Å². The molecule has 1 rings (SSSR count). The standard InChI is InChI=1S/C13H21NO2S/c1-9(5-6-14)11-7-10(15-2)8-12(17-4)13(11)16-3/h7-9H,5-6,14H2,1-4H3. The van der Waals surface area contributed by atoms with Crippen LogP contribution in [0.3, 0.4) is 0 Å². The lowest BCUT2D eigenvalue weighted by Gasteiger charge is -2.18. The van der Waals surface area contributed by atoms with Gasteiger partial charge in [0.15, 0.2) is 0 Å². The number of benzene rings is 1. The molecule has 0 saturated carbocycles. The summed E-state index contributed by atoms with van der Waals surface area (Å²) in [7, 11) is 3.39. The Hall–Kier alpha value is -0.870. The van der Waals surface area contributed by atoms with Crippen molar-refractivity contribution >= 4 is 11.8 Å². The summed E-state index contributed by atoms with van der Waals surface area (Å²) in [5, 5.41) is 0. The van der Waals surface area contributed by atoms with Crippen LogP contribution in [0.1, 0.15) is 24.8 Å². The van der Waals surface area contributed by atoms with Gasteiger partial charge in [0.2, 0.25) is 0 Å². The molecule has 3 nitrogen and oxygen atoms in total. The molecule has 0 amide bonds. The van der Waals surface area contributed by atoms with E-state index in [1.165, 1.54) is 5.56 Å². The molecule has 2 N–H and O–H groups in total. The van der Waals surface area contributed by atoms with E-state index in [-0.39, 0.29) is 0 Å². The summed E-state index contributed by atoms with van der Waals surface area (Å²) in [6.45, 7) is 2.84.